The molecule has 1 aliphatic rings. The van der Waals surface area contributed by atoms with Gasteiger partial charge in [0.05, 0.1) is 10.7 Å². The van der Waals surface area contributed by atoms with E-state index in [-0.39, 0.29) is 10.9 Å². The average molecular weight is 323 g/mol. The number of carbonyl (C=O) groups excluding carboxylic acids is 1. The van der Waals surface area contributed by atoms with Crippen LogP contribution in [0.25, 0.3) is 0 Å². The Morgan fingerprint density at radius 1 is 1.59 bits per heavy atom. The molecule has 1 N–H and O–H groups in total. The molecule has 0 unspecified atom stereocenters. The molecule has 1 amide bonds. The molecule has 2 rings (SSSR count). The van der Waals surface area contributed by atoms with Gasteiger partial charge in [-0.3, -0.25) is 4.79 Å². The molecule has 1 heterocycles. The van der Waals surface area contributed by atoms with Gasteiger partial charge in [-0.2, -0.15) is 0 Å². The number of hydrogen-bond acceptors (Lipinski definition) is 2. The van der Waals surface area contributed by atoms with E-state index < -0.39 is 11.9 Å². The summed E-state index contributed by atoms with van der Waals surface area (Å²) in [7, 11) is 0. The van der Waals surface area contributed by atoms with Crippen molar-refractivity contribution in [3.63, 3.8) is 0 Å². The average Bonchev–Trinajstić information content (AvgIpc) is 2.76. The van der Waals surface area contributed by atoms with Gasteiger partial charge < -0.3 is 10.1 Å². The van der Waals surface area contributed by atoms with Gasteiger partial charge in [-0.1, -0.05) is 11.6 Å². The van der Waals surface area contributed by atoms with Crippen LogP contribution in [0.3, 0.4) is 0 Å². The maximum absolute atomic E-state index is 13.0. The van der Waals surface area contributed by atoms with Gasteiger partial charge in [0.15, 0.2) is 0 Å². The molecule has 0 radical (unpaired) electrons. The molecule has 1 fully saturated rings. The number of carbonyl (C=O) groups is 1. The maximum atomic E-state index is 13.0. The largest absolute Gasteiger partial charge is 0.368 e. The predicted molar refractivity (Wildman–Crippen MR) is 66.7 cm³/mol. The van der Waals surface area contributed by atoms with Gasteiger partial charge in [0.25, 0.3) is 5.91 Å². The molecular weight excluding hydrogens is 312 g/mol. The number of nitrogens with one attached hydrogen (secondary N) is 1. The van der Waals surface area contributed by atoms with E-state index in [1.54, 1.807) is 0 Å². The van der Waals surface area contributed by atoms with Crippen LogP contribution in [0.1, 0.15) is 12.8 Å². The summed E-state index contributed by atoms with van der Waals surface area (Å²) in [4.78, 5) is 11.8. The van der Waals surface area contributed by atoms with Crippen LogP contribution in [-0.4, -0.2) is 18.6 Å². The quantitative estimate of drug-likeness (QED) is 0.906. The monoisotopic (exact) mass is 321 g/mol. The lowest BCUT2D eigenvalue weighted by Gasteiger charge is -2.13. The summed E-state index contributed by atoms with van der Waals surface area (Å²) < 4.78 is 18.7. The van der Waals surface area contributed by atoms with Crippen LogP contribution in [0.5, 0.6) is 0 Å². The Kier molecular flexibility index (Phi) is 4.01. The highest BCUT2D eigenvalue weighted by Crippen LogP contribution is 2.32. The zero-order chi connectivity index (χ0) is 12.4. The Bertz CT molecular complexity index is 426. The van der Waals surface area contributed by atoms with Gasteiger partial charge in [-0.15, -0.1) is 0 Å². The van der Waals surface area contributed by atoms with Crippen LogP contribution in [0, 0.1) is 5.82 Å². The molecule has 3 nitrogen and oxygen atoms in total. The van der Waals surface area contributed by atoms with E-state index in [0.717, 1.165) is 12.5 Å². The Morgan fingerprint density at radius 2 is 2.35 bits per heavy atom. The Labute approximate surface area is 111 Å². The lowest BCUT2D eigenvalue weighted by Crippen LogP contribution is -2.27. The molecule has 1 atom stereocenters. The molecule has 92 valence electrons. The summed E-state index contributed by atoms with van der Waals surface area (Å²) in [5, 5.41) is 2.79. The first kappa shape index (κ1) is 12.8. The lowest BCUT2D eigenvalue weighted by atomic mass is 10.2. The van der Waals surface area contributed by atoms with E-state index in [0.29, 0.717) is 23.2 Å². The number of hydrogen-bond donors (Lipinski definition) is 1. The van der Waals surface area contributed by atoms with Crippen LogP contribution in [-0.2, 0) is 9.53 Å². The number of rotatable bonds is 2. The van der Waals surface area contributed by atoms with Crippen molar-refractivity contribution < 1.29 is 13.9 Å². The zero-order valence-electron chi connectivity index (χ0n) is 8.80. The first-order valence-corrected chi connectivity index (χ1v) is 6.32. The van der Waals surface area contributed by atoms with Crippen molar-refractivity contribution in [2.24, 2.45) is 0 Å². The standard InChI is InChI=1S/C11H10BrClFNO2/c12-7-4-6(14)5-8(13)10(7)15-11(16)9-2-1-3-17-9/h4-5,9H,1-3H2,(H,15,16)/t9-/m0/s1. The van der Waals surface area contributed by atoms with Gasteiger partial charge in [-0.25, -0.2) is 4.39 Å². The highest BCUT2D eigenvalue weighted by molar-refractivity contribution is 9.10. The first-order chi connectivity index (χ1) is 8.08. The van der Waals surface area contributed by atoms with Crippen LogP contribution in [0.15, 0.2) is 16.6 Å². The fraction of sp³-hybridized carbons (Fsp3) is 0.364. The van der Waals surface area contributed by atoms with Crippen LogP contribution in [0.4, 0.5) is 10.1 Å². The molecule has 1 aromatic rings. The van der Waals surface area contributed by atoms with Crippen molar-refractivity contribution in [1.29, 1.82) is 0 Å². The third kappa shape index (κ3) is 2.97. The number of amides is 1. The summed E-state index contributed by atoms with van der Waals surface area (Å²) >= 11 is 9.02. The minimum atomic E-state index is -0.461. The van der Waals surface area contributed by atoms with E-state index in [1.165, 1.54) is 6.07 Å². The summed E-state index contributed by atoms with van der Waals surface area (Å²) in [5.74, 6) is -0.714. The minimum Gasteiger partial charge on any atom is -0.368 e. The maximum Gasteiger partial charge on any atom is 0.253 e. The molecule has 1 saturated heterocycles. The van der Waals surface area contributed by atoms with Crippen molar-refractivity contribution in [2.75, 3.05) is 11.9 Å². The van der Waals surface area contributed by atoms with E-state index >= 15 is 0 Å². The molecule has 0 aliphatic carbocycles. The van der Waals surface area contributed by atoms with Gasteiger partial charge in [0.2, 0.25) is 0 Å². The van der Waals surface area contributed by atoms with Crippen molar-refractivity contribution in [3.05, 3.63) is 27.4 Å². The summed E-state index contributed by atoms with van der Waals surface area (Å²) in [6.07, 6.45) is 1.13. The SMILES string of the molecule is O=C(Nc1c(Cl)cc(F)cc1Br)[C@@H]1CCCO1. The molecule has 17 heavy (non-hydrogen) atoms. The lowest BCUT2D eigenvalue weighted by molar-refractivity contribution is -0.124. The predicted octanol–water partition coefficient (Wildman–Crippen LogP) is 3.36. The molecule has 0 saturated carbocycles. The molecule has 1 aromatic carbocycles. The summed E-state index contributed by atoms with van der Waals surface area (Å²) in [5.41, 5.74) is 0.369. The van der Waals surface area contributed by atoms with Crippen molar-refractivity contribution >= 4 is 39.1 Å². The summed E-state index contributed by atoms with van der Waals surface area (Å²) in [6, 6.07) is 2.40. The fourth-order valence-electron chi connectivity index (χ4n) is 1.65. The highest BCUT2D eigenvalue weighted by atomic mass is 79.9. The fourth-order valence-corrected chi connectivity index (χ4v) is 2.55. The van der Waals surface area contributed by atoms with Crippen molar-refractivity contribution in [2.45, 2.75) is 18.9 Å². The Morgan fingerprint density at radius 3 is 2.94 bits per heavy atom. The van der Waals surface area contributed by atoms with Crippen LogP contribution < -0.4 is 5.32 Å². The second-order valence-electron chi connectivity index (χ2n) is 3.74. The van der Waals surface area contributed by atoms with Crippen LogP contribution in [0.2, 0.25) is 5.02 Å². The second kappa shape index (κ2) is 5.33. The highest BCUT2D eigenvalue weighted by Gasteiger charge is 2.24. The smallest absolute Gasteiger partial charge is 0.253 e. The number of halogens is 3. The molecule has 6 heteroatoms. The van der Waals surface area contributed by atoms with Gasteiger partial charge in [-0.05, 0) is 40.9 Å². The van der Waals surface area contributed by atoms with Crippen molar-refractivity contribution in [1.82, 2.24) is 0 Å². The number of benzene rings is 1. The number of ether oxygens (including phenoxy) is 1. The zero-order valence-corrected chi connectivity index (χ0v) is 11.1. The van der Waals surface area contributed by atoms with Crippen LogP contribution >= 0.6 is 27.5 Å². The molecule has 0 aromatic heterocycles. The normalized spacial score (nSPS) is 19.4. The molecule has 1 aliphatic heterocycles. The molecule has 0 spiro atoms. The van der Waals surface area contributed by atoms with Gasteiger partial charge >= 0.3 is 0 Å². The van der Waals surface area contributed by atoms with E-state index in [2.05, 4.69) is 21.2 Å². The van der Waals surface area contributed by atoms with Gasteiger partial charge in [0.1, 0.15) is 11.9 Å². The number of anilines is 1. The minimum absolute atomic E-state index is 0.156. The Hall–Kier alpha value is -0.650. The summed E-state index contributed by atoms with van der Waals surface area (Å²) in [6.45, 7) is 0.594. The second-order valence-corrected chi connectivity index (χ2v) is 5.00. The van der Waals surface area contributed by atoms with E-state index in [4.69, 9.17) is 16.3 Å². The van der Waals surface area contributed by atoms with E-state index in [9.17, 15) is 9.18 Å². The van der Waals surface area contributed by atoms with E-state index in [1.807, 2.05) is 0 Å². The third-order valence-corrected chi connectivity index (χ3v) is 3.40. The van der Waals surface area contributed by atoms with Gasteiger partial charge in [0, 0.05) is 11.1 Å². The Balaban J connectivity index is 2.15. The third-order valence-electron chi connectivity index (χ3n) is 2.48. The first-order valence-electron chi connectivity index (χ1n) is 5.15. The van der Waals surface area contributed by atoms with Crippen molar-refractivity contribution in [3.8, 4) is 0 Å². The molecule has 0 bridgehead atoms. The topological polar surface area (TPSA) is 38.3 Å². The molecular formula is C11H10BrClFNO2.